The molecular formula is C16H21N3O2. The first-order valence-electron chi connectivity index (χ1n) is 7.40. The van der Waals surface area contributed by atoms with Crippen molar-refractivity contribution in [2.75, 3.05) is 36.9 Å². The number of aliphatic hydroxyl groups is 1. The second-order valence-corrected chi connectivity index (χ2v) is 5.40. The molecule has 0 aliphatic carbocycles. The van der Waals surface area contributed by atoms with Gasteiger partial charge in [-0.25, -0.2) is 4.98 Å². The van der Waals surface area contributed by atoms with E-state index in [1.54, 1.807) is 0 Å². The number of anilines is 2. The number of piperidine rings is 1. The highest BCUT2D eigenvalue weighted by molar-refractivity contribution is 5.83. The Balaban J connectivity index is 1.69. The van der Waals surface area contributed by atoms with Gasteiger partial charge in [0.1, 0.15) is 5.82 Å². The topological polar surface area (TPSA) is 71.6 Å². The van der Waals surface area contributed by atoms with Gasteiger partial charge in [0.15, 0.2) is 0 Å². The smallest absolute Gasteiger partial charge is 0.129 e. The number of aliphatic hydroxyl groups excluding tert-OH is 1. The van der Waals surface area contributed by atoms with Crippen LogP contribution in [0.1, 0.15) is 12.8 Å². The standard InChI is InChI=1S/C16H21N3O2/c17-13-2-3-15-12(11-13)1-4-16(18-15)19-7-5-14(6-8-19)21-10-9-20/h1-4,11,14,20H,5-10,17H2. The van der Waals surface area contributed by atoms with E-state index in [4.69, 9.17) is 20.6 Å². The largest absolute Gasteiger partial charge is 0.399 e. The SMILES string of the molecule is Nc1ccc2nc(N3CCC(OCCO)CC3)ccc2c1. The third-order valence-corrected chi connectivity index (χ3v) is 3.91. The van der Waals surface area contributed by atoms with Crippen molar-refractivity contribution in [2.45, 2.75) is 18.9 Å². The molecule has 1 saturated heterocycles. The van der Waals surface area contributed by atoms with Crippen LogP contribution in [0, 0.1) is 0 Å². The van der Waals surface area contributed by atoms with E-state index < -0.39 is 0 Å². The van der Waals surface area contributed by atoms with Crippen molar-refractivity contribution in [3.63, 3.8) is 0 Å². The number of pyridine rings is 1. The van der Waals surface area contributed by atoms with Crippen molar-refractivity contribution in [2.24, 2.45) is 0 Å². The number of benzene rings is 1. The van der Waals surface area contributed by atoms with E-state index >= 15 is 0 Å². The average Bonchev–Trinajstić information content (AvgIpc) is 2.53. The summed E-state index contributed by atoms with van der Waals surface area (Å²) < 4.78 is 5.59. The Hall–Kier alpha value is -1.85. The fourth-order valence-electron chi connectivity index (χ4n) is 2.78. The number of nitrogen functional groups attached to an aromatic ring is 1. The fourth-order valence-corrected chi connectivity index (χ4v) is 2.78. The molecule has 0 spiro atoms. The quantitative estimate of drug-likeness (QED) is 0.839. The summed E-state index contributed by atoms with van der Waals surface area (Å²) in [7, 11) is 0. The first-order valence-corrected chi connectivity index (χ1v) is 7.40. The van der Waals surface area contributed by atoms with Crippen LogP contribution in [0.25, 0.3) is 10.9 Å². The van der Waals surface area contributed by atoms with Gasteiger partial charge in [0.2, 0.25) is 0 Å². The molecule has 2 aromatic rings. The summed E-state index contributed by atoms with van der Waals surface area (Å²) in [5.74, 6) is 1.01. The van der Waals surface area contributed by atoms with Crippen molar-refractivity contribution in [1.82, 2.24) is 4.98 Å². The highest BCUT2D eigenvalue weighted by Crippen LogP contribution is 2.23. The minimum absolute atomic E-state index is 0.0928. The Morgan fingerprint density at radius 2 is 2.05 bits per heavy atom. The molecule has 5 heteroatoms. The van der Waals surface area contributed by atoms with Crippen molar-refractivity contribution >= 4 is 22.4 Å². The Labute approximate surface area is 124 Å². The van der Waals surface area contributed by atoms with E-state index in [1.165, 1.54) is 0 Å². The van der Waals surface area contributed by atoms with Crippen LogP contribution in [0.15, 0.2) is 30.3 Å². The molecule has 21 heavy (non-hydrogen) atoms. The van der Waals surface area contributed by atoms with Crippen molar-refractivity contribution in [3.8, 4) is 0 Å². The lowest BCUT2D eigenvalue weighted by Crippen LogP contribution is -2.37. The van der Waals surface area contributed by atoms with E-state index in [1.807, 2.05) is 18.2 Å². The lowest BCUT2D eigenvalue weighted by atomic mass is 10.1. The predicted molar refractivity (Wildman–Crippen MR) is 84.4 cm³/mol. The summed E-state index contributed by atoms with van der Waals surface area (Å²) in [5, 5.41) is 9.86. The molecule has 0 unspecified atom stereocenters. The molecular weight excluding hydrogens is 266 g/mol. The van der Waals surface area contributed by atoms with E-state index in [0.717, 1.165) is 48.3 Å². The van der Waals surface area contributed by atoms with Crippen molar-refractivity contribution in [1.29, 1.82) is 0 Å². The highest BCUT2D eigenvalue weighted by Gasteiger charge is 2.20. The number of hydrogen-bond donors (Lipinski definition) is 2. The summed E-state index contributed by atoms with van der Waals surface area (Å²) in [5.41, 5.74) is 7.53. The first-order chi connectivity index (χ1) is 10.3. The lowest BCUT2D eigenvalue weighted by molar-refractivity contribution is 0.0158. The van der Waals surface area contributed by atoms with E-state index in [-0.39, 0.29) is 12.7 Å². The van der Waals surface area contributed by atoms with Gasteiger partial charge >= 0.3 is 0 Å². The molecule has 0 bridgehead atoms. The zero-order valence-electron chi connectivity index (χ0n) is 12.0. The minimum atomic E-state index is 0.0928. The molecule has 0 atom stereocenters. The van der Waals surface area contributed by atoms with Crippen LogP contribution in [0.3, 0.4) is 0 Å². The Bertz CT molecular complexity index is 609. The normalized spacial score (nSPS) is 16.5. The number of aromatic nitrogens is 1. The van der Waals surface area contributed by atoms with Gasteiger partial charge in [0.25, 0.3) is 0 Å². The second kappa shape index (κ2) is 6.28. The average molecular weight is 287 g/mol. The maximum absolute atomic E-state index is 8.79. The summed E-state index contributed by atoms with van der Waals surface area (Å²) in [6.45, 7) is 2.39. The molecule has 1 aromatic carbocycles. The Morgan fingerprint density at radius 3 is 2.81 bits per heavy atom. The molecule has 1 aliphatic rings. The van der Waals surface area contributed by atoms with Gasteiger partial charge in [0, 0.05) is 24.2 Å². The summed E-state index contributed by atoms with van der Waals surface area (Å²) in [4.78, 5) is 7.00. The molecule has 0 saturated carbocycles. The van der Waals surface area contributed by atoms with Gasteiger partial charge in [-0.05, 0) is 43.2 Å². The van der Waals surface area contributed by atoms with Gasteiger partial charge in [-0.3, -0.25) is 0 Å². The van der Waals surface area contributed by atoms with Crippen LogP contribution in [0.5, 0.6) is 0 Å². The predicted octanol–water partition coefficient (Wildman–Crippen LogP) is 1.79. The van der Waals surface area contributed by atoms with Gasteiger partial charge in [-0.1, -0.05) is 0 Å². The number of fused-ring (bicyclic) bond motifs is 1. The highest BCUT2D eigenvalue weighted by atomic mass is 16.5. The molecule has 2 heterocycles. The Morgan fingerprint density at radius 1 is 1.24 bits per heavy atom. The maximum atomic E-state index is 8.79. The summed E-state index contributed by atoms with van der Waals surface area (Å²) in [6, 6.07) is 9.92. The van der Waals surface area contributed by atoms with Crippen LogP contribution < -0.4 is 10.6 Å². The number of rotatable bonds is 4. The van der Waals surface area contributed by atoms with Crippen molar-refractivity contribution < 1.29 is 9.84 Å². The Kier molecular flexibility index (Phi) is 4.22. The van der Waals surface area contributed by atoms with E-state index in [2.05, 4.69) is 17.0 Å². The van der Waals surface area contributed by atoms with E-state index in [9.17, 15) is 0 Å². The number of nitrogens with two attached hydrogens (primary N) is 1. The van der Waals surface area contributed by atoms with Gasteiger partial charge in [-0.15, -0.1) is 0 Å². The van der Waals surface area contributed by atoms with Crippen LogP contribution in [0.2, 0.25) is 0 Å². The van der Waals surface area contributed by atoms with Crippen LogP contribution in [0.4, 0.5) is 11.5 Å². The minimum Gasteiger partial charge on any atom is -0.399 e. The first kappa shape index (κ1) is 14.1. The van der Waals surface area contributed by atoms with Gasteiger partial charge in [0.05, 0.1) is 24.8 Å². The molecule has 112 valence electrons. The lowest BCUT2D eigenvalue weighted by Gasteiger charge is -2.32. The van der Waals surface area contributed by atoms with E-state index in [0.29, 0.717) is 6.61 Å². The number of hydrogen-bond acceptors (Lipinski definition) is 5. The zero-order chi connectivity index (χ0) is 14.7. The number of ether oxygens (including phenoxy) is 1. The van der Waals surface area contributed by atoms with Gasteiger partial charge in [-0.2, -0.15) is 0 Å². The molecule has 0 radical (unpaired) electrons. The van der Waals surface area contributed by atoms with Crippen LogP contribution in [-0.4, -0.2) is 42.5 Å². The molecule has 3 N–H and O–H groups in total. The fraction of sp³-hybridized carbons (Fsp3) is 0.438. The van der Waals surface area contributed by atoms with Crippen molar-refractivity contribution in [3.05, 3.63) is 30.3 Å². The molecule has 1 fully saturated rings. The third-order valence-electron chi connectivity index (χ3n) is 3.91. The molecule has 0 amide bonds. The second-order valence-electron chi connectivity index (χ2n) is 5.40. The molecule has 1 aromatic heterocycles. The monoisotopic (exact) mass is 287 g/mol. The van der Waals surface area contributed by atoms with Gasteiger partial charge < -0.3 is 20.5 Å². The molecule has 3 rings (SSSR count). The third kappa shape index (κ3) is 3.25. The van der Waals surface area contributed by atoms with Crippen LogP contribution >= 0.6 is 0 Å². The summed E-state index contributed by atoms with van der Waals surface area (Å²) in [6.07, 6.45) is 2.21. The zero-order valence-corrected chi connectivity index (χ0v) is 12.0. The molecule has 1 aliphatic heterocycles. The van der Waals surface area contributed by atoms with Crippen LogP contribution in [-0.2, 0) is 4.74 Å². The summed E-state index contributed by atoms with van der Waals surface area (Å²) >= 11 is 0. The maximum Gasteiger partial charge on any atom is 0.129 e. The number of nitrogens with zero attached hydrogens (tertiary/aromatic N) is 2. The molecule has 5 nitrogen and oxygen atoms in total.